The molecular formula is C13H24O5. The monoisotopic (exact) mass is 260 g/mol. The summed E-state index contributed by atoms with van der Waals surface area (Å²) in [6.45, 7) is 5.09. The maximum absolute atomic E-state index is 11.3. The van der Waals surface area contributed by atoms with E-state index in [4.69, 9.17) is 18.9 Å². The molecule has 1 aliphatic carbocycles. The first kappa shape index (κ1) is 15.6. The fourth-order valence-electron chi connectivity index (χ4n) is 1.73. The van der Waals surface area contributed by atoms with Crippen molar-refractivity contribution >= 4 is 5.78 Å². The van der Waals surface area contributed by atoms with Crippen molar-refractivity contribution in [1.29, 1.82) is 0 Å². The van der Waals surface area contributed by atoms with Crippen LogP contribution in [-0.4, -0.2) is 58.1 Å². The van der Waals surface area contributed by atoms with Crippen LogP contribution < -0.4 is 0 Å². The molecule has 1 fully saturated rings. The Morgan fingerprint density at radius 3 is 2.61 bits per heavy atom. The first-order valence-corrected chi connectivity index (χ1v) is 6.62. The summed E-state index contributed by atoms with van der Waals surface area (Å²) in [5.74, 6) is 0.148. The lowest BCUT2D eigenvalue weighted by molar-refractivity contribution is -0.167. The van der Waals surface area contributed by atoms with Crippen molar-refractivity contribution < 1.29 is 23.7 Å². The predicted molar refractivity (Wildman–Crippen MR) is 66.7 cm³/mol. The second-order valence-corrected chi connectivity index (χ2v) is 4.33. The molecule has 0 saturated heterocycles. The molecule has 18 heavy (non-hydrogen) atoms. The summed E-state index contributed by atoms with van der Waals surface area (Å²) in [7, 11) is 1.67. The zero-order chi connectivity index (χ0) is 13.2. The molecule has 5 heteroatoms. The Labute approximate surface area is 109 Å². The zero-order valence-corrected chi connectivity index (χ0v) is 11.4. The minimum absolute atomic E-state index is 0.0772. The van der Waals surface area contributed by atoms with Gasteiger partial charge in [0.1, 0.15) is 6.10 Å². The highest BCUT2D eigenvalue weighted by molar-refractivity contribution is 5.90. The molecule has 1 aliphatic rings. The molecular weight excluding hydrogens is 236 g/mol. The topological polar surface area (TPSA) is 54.0 Å². The number of carbonyl (C=O) groups excluding carboxylic acids is 1. The second kappa shape index (κ2) is 9.44. The first-order chi connectivity index (χ1) is 8.79. The van der Waals surface area contributed by atoms with Gasteiger partial charge in [0.2, 0.25) is 0 Å². The molecule has 0 spiro atoms. The third kappa shape index (κ3) is 5.44. The Hall–Kier alpha value is -0.490. The highest BCUT2D eigenvalue weighted by atomic mass is 16.6. The fraction of sp³-hybridized carbons (Fsp3) is 0.923. The standard InChI is InChI=1S/C13H24O5/c1-3-5-18-13-11(14)10-12(13)17-9-8-16-7-4-6-15-2/h12-13H,3-10H2,1-2H3. The minimum atomic E-state index is -0.349. The Morgan fingerprint density at radius 1 is 1.11 bits per heavy atom. The molecule has 106 valence electrons. The van der Waals surface area contributed by atoms with E-state index in [1.54, 1.807) is 7.11 Å². The van der Waals surface area contributed by atoms with E-state index in [1.807, 2.05) is 6.92 Å². The van der Waals surface area contributed by atoms with E-state index in [1.165, 1.54) is 0 Å². The van der Waals surface area contributed by atoms with E-state index in [2.05, 4.69) is 0 Å². The Morgan fingerprint density at radius 2 is 1.94 bits per heavy atom. The van der Waals surface area contributed by atoms with Crippen LogP contribution in [0.1, 0.15) is 26.2 Å². The fourth-order valence-corrected chi connectivity index (χ4v) is 1.73. The number of Topliss-reactive ketones (excluding diaryl/α,β-unsaturated/α-hetero) is 1. The third-order valence-electron chi connectivity index (χ3n) is 2.76. The van der Waals surface area contributed by atoms with Gasteiger partial charge in [0.05, 0.1) is 19.3 Å². The predicted octanol–water partition coefficient (Wildman–Crippen LogP) is 1.19. The van der Waals surface area contributed by atoms with Gasteiger partial charge in [-0.3, -0.25) is 4.79 Å². The van der Waals surface area contributed by atoms with Crippen molar-refractivity contribution in [1.82, 2.24) is 0 Å². The van der Waals surface area contributed by atoms with Crippen molar-refractivity contribution in [2.24, 2.45) is 0 Å². The Bertz CT molecular complexity index is 231. The molecule has 0 amide bonds. The lowest BCUT2D eigenvalue weighted by atomic mass is 9.90. The largest absolute Gasteiger partial charge is 0.385 e. The van der Waals surface area contributed by atoms with Gasteiger partial charge in [-0.05, 0) is 12.8 Å². The van der Waals surface area contributed by atoms with Crippen molar-refractivity contribution in [2.45, 2.75) is 38.4 Å². The molecule has 1 saturated carbocycles. The van der Waals surface area contributed by atoms with E-state index < -0.39 is 0 Å². The van der Waals surface area contributed by atoms with Crippen LogP contribution in [-0.2, 0) is 23.7 Å². The van der Waals surface area contributed by atoms with Crippen LogP contribution in [0.3, 0.4) is 0 Å². The van der Waals surface area contributed by atoms with Gasteiger partial charge in [0.15, 0.2) is 5.78 Å². The van der Waals surface area contributed by atoms with Crippen LogP contribution in [0.2, 0.25) is 0 Å². The van der Waals surface area contributed by atoms with Crippen LogP contribution in [0.25, 0.3) is 0 Å². The van der Waals surface area contributed by atoms with E-state index in [0.29, 0.717) is 39.5 Å². The van der Waals surface area contributed by atoms with Crippen molar-refractivity contribution in [2.75, 3.05) is 40.1 Å². The molecule has 0 bridgehead atoms. The summed E-state index contributed by atoms with van der Waals surface area (Å²) < 4.78 is 21.3. The van der Waals surface area contributed by atoms with Gasteiger partial charge in [-0.15, -0.1) is 0 Å². The zero-order valence-electron chi connectivity index (χ0n) is 11.4. The number of hydrogen-bond acceptors (Lipinski definition) is 5. The Kier molecular flexibility index (Phi) is 8.17. The smallest absolute Gasteiger partial charge is 0.166 e. The molecule has 0 aromatic carbocycles. The normalized spacial score (nSPS) is 23.1. The highest BCUT2D eigenvalue weighted by Gasteiger charge is 2.41. The maximum atomic E-state index is 11.3. The molecule has 0 aromatic rings. The first-order valence-electron chi connectivity index (χ1n) is 6.62. The van der Waals surface area contributed by atoms with Crippen LogP contribution in [0.4, 0.5) is 0 Å². The van der Waals surface area contributed by atoms with Crippen LogP contribution >= 0.6 is 0 Å². The van der Waals surface area contributed by atoms with E-state index in [0.717, 1.165) is 12.8 Å². The van der Waals surface area contributed by atoms with Crippen molar-refractivity contribution in [3.63, 3.8) is 0 Å². The van der Waals surface area contributed by atoms with Crippen LogP contribution in [0.5, 0.6) is 0 Å². The molecule has 0 aliphatic heterocycles. The lowest BCUT2D eigenvalue weighted by Gasteiger charge is -2.34. The number of methoxy groups -OCH3 is 1. The molecule has 2 unspecified atom stereocenters. The molecule has 0 radical (unpaired) electrons. The number of carbonyl (C=O) groups is 1. The third-order valence-corrected chi connectivity index (χ3v) is 2.76. The number of rotatable bonds is 11. The average Bonchev–Trinajstić information content (AvgIpc) is 2.36. The molecule has 0 heterocycles. The molecule has 2 atom stereocenters. The summed E-state index contributed by atoms with van der Waals surface area (Å²) in [6, 6.07) is 0. The Balaban J connectivity index is 1.97. The van der Waals surface area contributed by atoms with Gasteiger partial charge in [0, 0.05) is 33.4 Å². The highest BCUT2D eigenvalue weighted by Crippen LogP contribution is 2.22. The molecule has 0 aromatic heterocycles. The van der Waals surface area contributed by atoms with Crippen molar-refractivity contribution in [3.05, 3.63) is 0 Å². The van der Waals surface area contributed by atoms with Crippen LogP contribution in [0, 0.1) is 0 Å². The number of ether oxygens (including phenoxy) is 4. The number of hydrogen-bond donors (Lipinski definition) is 0. The maximum Gasteiger partial charge on any atom is 0.166 e. The average molecular weight is 260 g/mol. The van der Waals surface area contributed by atoms with Gasteiger partial charge < -0.3 is 18.9 Å². The van der Waals surface area contributed by atoms with Gasteiger partial charge in [-0.25, -0.2) is 0 Å². The van der Waals surface area contributed by atoms with Gasteiger partial charge >= 0.3 is 0 Å². The molecule has 0 N–H and O–H groups in total. The minimum Gasteiger partial charge on any atom is -0.385 e. The van der Waals surface area contributed by atoms with E-state index in [9.17, 15) is 4.79 Å². The van der Waals surface area contributed by atoms with Gasteiger partial charge in [-0.2, -0.15) is 0 Å². The number of ketones is 1. The SMILES string of the molecule is CCCOC1C(=O)CC1OCCOCCCOC. The van der Waals surface area contributed by atoms with Gasteiger partial charge in [0.25, 0.3) is 0 Å². The summed E-state index contributed by atoms with van der Waals surface area (Å²) in [5.41, 5.74) is 0. The van der Waals surface area contributed by atoms with E-state index in [-0.39, 0.29) is 18.0 Å². The van der Waals surface area contributed by atoms with Gasteiger partial charge in [-0.1, -0.05) is 6.92 Å². The van der Waals surface area contributed by atoms with Crippen LogP contribution in [0.15, 0.2) is 0 Å². The summed E-state index contributed by atoms with van der Waals surface area (Å²) in [4.78, 5) is 11.3. The van der Waals surface area contributed by atoms with E-state index >= 15 is 0 Å². The second-order valence-electron chi connectivity index (χ2n) is 4.33. The molecule has 1 rings (SSSR count). The summed E-state index contributed by atoms with van der Waals surface area (Å²) in [6.07, 6.45) is 1.85. The summed E-state index contributed by atoms with van der Waals surface area (Å²) >= 11 is 0. The molecule has 5 nitrogen and oxygen atoms in total. The quantitative estimate of drug-likeness (QED) is 0.522. The lowest BCUT2D eigenvalue weighted by Crippen LogP contribution is -2.50. The summed E-state index contributed by atoms with van der Waals surface area (Å²) in [5, 5.41) is 0. The van der Waals surface area contributed by atoms with Crippen molar-refractivity contribution in [3.8, 4) is 0 Å².